The van der Waals surface area contributed by atoms with Gasteiger partial charge in [-0.15, -0.1) is 0 Å². The maximum atomic E-state index is 12.7. The van der Waals surface area contributed by atoms with Crippen molar-refractivity contribution in [2.75, 3.05) is 5.32 Å². The average Bonchev–Trinajstić information content (AvgIpc) is 2.37. The van der Waals surface area contributed by atoms with Crippen molar-refractivity contribution in [3.63, 3.8) is 0 Å². The van der Waals surface area contributed by atoms with E-state index in [0.29, 0.717) is 12.1 Å². The van der Waals surface area contributed by atoms with Crippen molar-refractivity contribution in [2.24, 2.45) is 0 Å². The maximum Gasteiger partial charge on any atom is 0.463 e. The number of carbonyl (C=O) groups is 1. The highest BCUT2D eigenvalue weighted by molar-refractivity contribution is 5.97. The van der Waals surface area contributed by atoms with Gasteiger partial charge in [0.05, 0.1) is 16.2 Å². The van der Waals surface area contributed by atoms with E-state index < -0.39 is 39.9 Å². The molecule has 0 atom stereocenters. The Morgan fingerprint density at radius 3 is 2.29 bits per heavy atom. The highest BCUT2D eigenvalue weighted by atomic mass is 19.4. The Balaban J connectivity index is 3.13. The lowest BCUT2D eigenvalue weighted by Crippen LogP contribution is -2.47. The Labute approximate surface area is 112 Å². The second-order valence-corrected chi connectivity index (χ2v) is 3.63. The zero-order valence-corrected chi connectivity index (χ0v) is 9.74. The fourth-order valence-corrected chi connectivity index (χ4v) is 1.18. The zero-order valence-electron chi connectivity index (χ0n) is 9.74. The van der Waals surface area contributed by atoms with Crippen molar-refractivity contribution in [2.45, 2.75) is 12.1 Å². The van der Waals surface area contributed by atoms with E-state index in [9.17, 15) is 36.9 Å². The molecule has 0 aliphatic heterocycles. The van der Waals surface area contributed by atoms with E-state index in [1.807, 2.05) is 0 Å². The van der Waals surface area contributed by atoms with Gasteiger partial charge in [-0.2, -0.15) is 27.2 Å². The van der Waals surface area contributed by atoms with Gasteiger partial charge in [0.25, 0.3) is 5.69 Å². The number of amides is 1. The summed E-state index contributed by atoms with van der Waals surface area (Å²) in [5.41, 5.74) is -1.92. The van der Waals surface area contributed by atoms with Crippen LogP contribution in [0.4, 0.5) is 33.3 Å². The van der Waals surface area contributed by atoms with Crippen molar-refractivity contribution < 1.29 is 31.7 Å². The summed E-state index contributed by atoms with van der Waals surface area (Å²) in [6.45, 7) is 0. The normalized spacial score (nSPS) is 11.6. The van der Waals surface area contributed by atoms with Gasteiger partial charge >= 0.3 is 18.0 Å². The smallest absolute Gasteiger partial charge is 0.319 e. The van der Waals surface area contributed by atoms with Gasteiger partial charge in [-0.05, 0) is 6.07 Å². The highest BCUT2D eigenvalue weighted by Gasteiger charge is 2.63. The number of non-ortho nitro benzene ring substituents is 1. The predicted octanol–water partition coefficient (Wildman–Crippen LogP) is 2.60. The largest absolute Gasteiger partial charge is 0.463 e. The van der Waals surface area contributed by atoms with E-state index in [0.717, 1.165) is 6.07 Å². The lowest BCUT2D eigenvalue weighted by Gasteiger charge is -2.18. The molecule has 1 N–H and O–H groups in total. The molecule has 21 heavy (non-hydrogen) atoms. The third-order valence-electron chi connectivity index (χ3n) is 2.22. The van der Waals surface area contributed by atoms with Gasteiger partial charge in [0.1, 0.15) is 6.07 Å². The molecular weight excluding hydrogens is 305 g/mol. The number of nitro benzene ring substituents is 1. The minimum Gasteiger partial charge on any atom is -0.319 e. The number of halogens is 5. The topological polar surface area (TPSA) is 96.0 Å². The van der Waals surface area contributed by atoms with Gasteiger partial charge in [-0.1, -0.05) is 0 Å². The minimum atomic E-state index is -6.11. The molecule has 1 rings (SSSR count). The zero-order chi connectivity index (χ0) is 16.4. The van der Waals surface area contributed by atoms with Gasteiger partial charge in [0, 0.05) is 12.1 Å². The number of rotatable bonds is 3. The molecule has 1 aromatic carbocycles. The molecule has 0 fully saturated rings. The van der Waals surface area contributed by atoms with Crippen molar-refractivity contribution in [1.82, 2.24) is 0 Å². The molecule has 112 valence electrons. The van der Waals surface area contributed by atoms with Crippen LogP contribution >= 0.6 is 0 Å². The fourth-order valence-electron chi connectivity index (χ4n) is 1.18. The summed E-state index contributed by atoms with van der Waals surface area (Å²) in [5.74, 6) is -8.36. The van der Waals surface area contributed by atoms with Crippen LogP contribution < -0.4 is 5.32 Å². The maximum absolute atomic E-state index is 12.7. The number of nitrogens with one attached hydrogen (secondary N) is 1. The summed E-state index contributed by atoms with van der Waals surface area (Å²) >= 11 is 0. The predicted molar refractivity (Wildman–Crippen MR) is 57.4 cm³/mol. The summed E-state index contributed by atoms with van der Waals surface area (Å²) in [4.78, 5) is 20.5. The Morgan fingerprint density at radius 1 is 1.29 bits per heavy atom. The van der Waals surface area contributed by atoms with Crippen molar-refractivity contribution >= 4 is 17.3 Å². The fraction of sp³-hybridized carbons (Fsp3) is 0.200. The number of anilines is 1. The van der Waals surface area contributed by atoms with E-state index in [1.165, 1.54) is 11.4 Å². The lowest BCUT2D eigenvalue weighted by atomic mass is 10.1. The van der Waals surface area contributed by atoms with Crippen LogP contribution in [0.2, 0.25) is 0 Å². The molecule has 1 amide bonds. The second-order valence-electron chi connectivity index (χ2n) is 3.63. The van der Waals surface area contributed by atoms with Crippen LogP contribution in [-0.4, -0.2) is 22.9 Å². The van der Waals surface area contributed by atoms with Crippen LogP contribution in [0.3, 0.4) is 0 Å². The van der Waals surface area contributed by atoms with E-state index >= 15 is 0 Å². The van der Waals surface area contributed by atoms with Crippen LogP contribution in [0.25, 0.3) is 0 Å². The summed E-state index contributed by atoms with van der Waals surface area (Å²) in [5, 5.41) is 20.3. The van der Waals surface area contributed by atoms with Gasteiger partial charge in [-0.3, -0.25) is 14.9 Å². The number of nitro groups is 1. The number of nitrogens with zero attached hydrogens (tertiary/aromatic N) is 2. The molecule has 0 saturated heterocycles. The summed E-state index contributed by atoms with van der Waals surface area (Å²) in [6, 6.07) is 3.39. The first-order valence-electron chi connectivity index (χ1n) is 4.95. The summed E-state index contributed by atoms with van der Waals surface area (Å²) in [6.07, 6.45) is -6.11. The molecule has 0 aliphatic rings. The van der Waals surface area contributed by atoms with E-state index in [1.54, 1.807) is 0 Å². The van der Waals surface area contributed by atoms with Gasteiger partial charge in [-0.25, -0.2) is 0 Å². The van der Waals surface area contributed by atoms with Crippen molar-refractivity contribution in [1.29, 1.82) is 5.26 Å². The van der Waals surface area contributed by atoms with Crippen LogP contribution in [0.5, 0.6) is 0 Å². The third-order valence-corrected chi connectivity index (χ3v) is 2.22. The summed E-state index contributed by atoms with van der Waals surface area (Å²) in [7, 11) is 0. The Bertz CT molecular complexity index is 636. The number of hydrogen-bond acceptors (Lipinski definition) is 4. The van der Waals surface area contributed by atoms with Crippen LogP contribution in [-0.2, 0) is 4.79 Å². The molecule has 0 unspecified atom stereocenters. The average molecular weight is 309 g/mol. The minimum absolute atomic E-state index is 0.591. The first kappa shape index (κ1) is 16.3. The monoisotopic (exact) mass is 309 g/mol. The molecule has 0 bridgehead atoms. The van der Waals surface area contributed by atoms with Crippen LogP contribution in [0.15, 0.2) is 18.2 Å². The molecule has 6 nitrogen and oxygen atoms in total. The highest BCUT2D eigenvalue weighted by Crippen LogP contribution is 2.36. The standard InChI is InChI=1S/C10H4F5N3O3/c11-9(12,10(13,14)15)8(19)17-7-2-1-6(18(20)21)3-5(7)4-16/h1-3H,(H,17,19). The van der Waals surface area contributed by atoms with Gasteiger partial charge in [0.2, 0.25) is 0 Å². The van der Waals surface area contributed by atoms with Crippen molar-refractivity contribution in [3.8, 4) is 6.07 Å². The molecule has 0 saturated carbocycles. The first-order valence-corrected chi connectivity index (χ1v) is 4.95. The molecule has 0 aliphatic carbocycles. The number of benzene rings is 1. The van der Waals surface area contributed by atoms with Crippen LogP contribution in [0, 0.1) is 21.4 Å². The molecular formula is C10H4F5N3O3. The quantitative estimate of drug-likeness (QED) is 0.527. The molecule has 1 aromatic rings. The number of nitriles is 1. The lowest BCUT2D eigenvalue weighted by molar-refractivity contribution is -0.384. The van der Waals surface area contributed by atoms with Crippen molar-refractivity contribution in [3.05, 3.63) is 33.9 Å². The Morgan fingerprint density at radius 2 is 1.86 bits per heavy atom. The summed E-state index contributed by atoms with van der Waals surface area (Å²) < 4.78 is 61.4. The van der Waals surface area contributed by atoms with E-state index in [4.69, 9.17) is 5.26 Å². The SMILES string of the molecule is N#Cc1cc([N+](=O)[O-])ccc1NC(=O)C(F)(F)C(F)(F)F. The second kappa shape index (κ2) is 5.31. The van der Waals surface area contributed by atoms with Gasteiger partial charge < -0.3 is 5.32 Å². The van der Waals surface area contributed by atoms with Crippen LogP contribution in [0.1, 0.15) is 5.56 Å². The first-order chi connectivity index (χ1) is 9.50. The van der Waals surface area contributed by atoms with Gasteiger partial charge in [0.15, 0.2) is 0 Å². The number of carbonyl (C=O) groups excluding carboxylic acids is 1. The molecule has 0 heterocycles. The van der Waals surface area contributed by atoms with E-state index in [2.05, 4.69) is 0 Å². The molecule has 0 spiro atoms. The number of alkyl halides is 5. The molecule has 11 heteroatoms. The Hall–Kier alpha value is -2.77. The Kier molecular flexibility index (Phi) is 4.12. The molecule has 0 aromatic heterocycles. The molecule has 0 radical (unpaired) electrons. The third kappa shape index (κ3) is 3.22. The number of hydrogen-bond donors (Lipinski definition) is 1. The van der Waals surface area contributed by atoms with E-state index in [-0.39, 0.29) is 0 Å².